The van der Waals surface area contributed by atoms with Crippen LogP contribution in [0.4, 0.5) is 0 Å². The molecule has 2 rings (SSSR count). The van der Waals surface area contributed by atoms with Crippen molar-refractivity contribution in [3.05, 3.63) is 35.3 Å². The summed E-state index contributed by atoms with van der Waals surface area (Å²) in [6, 6.07) is 4.04. The highest BCUT2D eigenvalue weighted by atomic mass is 16.1. The third-order valence-electron chi connectivity index (χ3n) is 2.94. The number of aromatic nitrogens is 2. The Labute approximate surface area is 101 Å². The summed E-state index contributed by atoms with van der Waals surface area (Å²) in [5, 5.41) is 0. The lowest BCUT2D eigenvalue weighted by Gasteiger charge is -2.01. The molecule has 0 unspecified atom stereocenters. The van der Waals surface area contributed by atoms with E-state index in [1.54, 1.807) is 0 Å². The van der Waals surface area contributed by atoms with Crippen molar-refractivity contribution in [1.82, 2.24) is 9.38 Å². The van der Waals surface area contributed by atoms with Gasteiger partial charge in [0.15, 0.2) is 6.29 Å². The van der Waals surface area contributed by atoms with Crippen molar-refractivity contribution in [2.24, 2.45) is 5.92 Å². The van der Waals surface area contributed by atoms with E-state index in [9.17, 15) is 4.79 Å². The molecule has 0 N–H and O–H groups in total. The van der Waals surface area contributed by atoms with Crippen LogP contribution in [-0.4, -0.2) is 15.7 Å². The maximum Gasteiger partial charge on any atom is 0.168 e. The Morgan fingerprint density at radius 1 is 1.47 bits per heavy atom. The number of aryl methyl sites for hydroxylation is 1. The lowest BCUT2D eigenvalue weighted by atomic mass is 10.1. The van der Waals surface area contributed by atoms with Gasteiger partial charge in [-0.3, -0.25) is 9.20 Å². The molecule has 3 heteroatoms. The monoisotopic (exact) mass is 230 g/mol. The van der Waals surface area contributed by atoms with Crippen molar-refractivity contribution in [3.8, 4) is 0 Å². The highest BCUT2D eigenvalue weighted by Gasteiger charge is 2.14. The fourth-order valence-electron chi connectivity index (χ4n) is 2.13. The van der Waals surface area contributed by atoms with Gasteiger partial charge in [-0.05, 0) is 30.4 Å². The Kier molecular flexibility index (Phi) is 3.27. The van der Waals surface area contributed by atoms with E-state index in [2.05, 4.69) is 31.8 Å². The minimum Gasteiger partial charge on any atom is -0.297 e. The first kappa shape index (κ1) is 11.8. The van der Waals surface area contributed by atoms with Gasteiger partial charge in [0, 0.05) is 6.20 Å². The normalized spacial score (nSPS) is 11.3. The molecule has 0 radical (unpaired) electrons. The van der Waals surface area contributed by atoms with Gasteiger partial charge in [0.25, 0.3) is 0 Å². The number of hydrogen-bond acceptors (Lipinski definition) is 2. The molecule has 0 spiro atoms. The molecule has 0 aliphatic heterocycles. The van der Waals surface area contributed by atoms with Crippen molar-refractivity contribution in [1.29, 1.82) is 0 Å². The van der Waals surface area contributed by atoms with E-state index < -0.39 is 0 Å². The van der Waals surface area contributed by atoms with Crippen LogP contribution in [0, 0.1) is 5.92 Å². The van der Waals surface area contributed by atoms with Gasteiger partial charge in [0.05, 0.1) is 5.69 Å². The quantitative estimate of drug-likeness (QED) is 0.757. The van der Waals surface area contributed by atoms with E-state index in [0.29, 0.717) is 11.6 Å². The molecule has 0 aromatic carbocycles. The second-order valence-electron chi connectivity index (χ2n) is 4.74. The van der Waals surface area contributed by atoms with Gasteiger partial charge in [0.2, 0.25) is 0 Å². The molecule has 90 valence electrons. The predicted octanol–water partition coefficient (Wildman–Crippen LogP) is 2.91. The van der Waals surface area contributed by atoms with Crippen molar-refractivity contribution in [2.75, 3.05) is 0 Å². The van der Waals surface area contributed by atoms with E-state index in [4.69, 9.17) is 0 Å². The van der Waals surface area contributed by atoms with Crippen molar-refractivity contribution < 1.29 is 4.79 Å². The van der Waals surface area contributed by atoms with Crippen LogP contribution in [0.25, 0.3) is 5.65 Å². The number of carbonyl (C=O) groups is 1. The number of aldehydes is 1. The van der Waals surface area contributed by atoms with Crippen LogP contribution in [0.5, 0.6) is 0 Å². The number of rotatable bonds is 4. The number of pyridine rings is 1. The zero-order valence-corrected chi connectivity index (χ0v) is 10.6. The largest absolute Gasteiger partial charge is 0.297 e. The summed E-state index contributed by atoms with van der Waals surface area (Å²) in [6.45, 7) is 6.38. The van der Waals surface area contributed by atoms with Crippen LogP contribution in [0.2, 0.25) is 0 Å². The fourth-order valence-corrected chi connectivity index (χ4v) is 2.13. The molecule has 2 heterocycles. The van der Waals surface area contributed by atoms with Crippen molar-refractivity contribution in [3.63, 3.8) is 0 Å². The standard InChI is InChI=1S/C14H18N2O/c1-4-11-6-5-7-16-13(9-17)12(8-10(2)3)15-14(11)16/h5-7,9-10H,4,8H2,1-3H3. The van der Waals surface area contributed by atoms with Gasteiger partial charge in [-0.25, -0.2) is 4.98 Å². The first-order valence-electron chi connectivity index (χ1n) is 6.11. The Bertz CT molecular complexity index is 540. The Morgan fingerprint density at radius 3 is 2.82 bits per heavy atom. The average Bonchev–Trinajstić information content (AvgIpc) is 2.64. The SMILES string of the molecule is CCc1cccn2c(C=O)c(CC(C)C)nc12. The maximum absolute atomic E-state index is 11.2. The first-order valence-corrected chi connectivity index (χ1v) is 6.11. The topological polar surface area (TPSA) is 34.4 Å². The summed E-state index contributed by atoms with van der Waals surface area (Å²) in [5.41, 5.74) is 3.72. The number of carbonyl (C=O) groups excluding carboxylic acids is 1. The highest BCUT2D eigenvalue weighted by Crippen LogP contribution is 2.18. The lowest BCUT2D eigenvalue weighted by molar-refractivity contribution is 0.111. The third kappa shape index (κ3) is 2.09. The molecule has 2 aromatic rings. The summed E-state index contributed by atoms with van der Waals surface area (Å²) < 4.78 is 1.91. The van der Waals surface area contributed by atoms with Crippen molar-refractivity contribution in [2.45, 2.75) is 33.6 Å². The van der Waals surface area contributed by atoms with Gasteiger partial charge < -0.3 is 0 Å². The summed E-state index contributed by atoms with van der Waals surface area (Å²) >= 11 is 0. The van der Waals surface area contributed by atoms with Crippen LogP contribution < -0.4 is 0 Å². The first-order chi connectivity index (χ1) is 8.17. The molecule has 0 aliphatic rings. The summed E-state index contributed by atoms with van der Waals surface area (Å²) in [6.07, 6.45) is 4.60. The molecule has 17 heavy (non-hydrogen) atoms. The third-order valence-corrected chi connectivity index (χ3v) is 2.94. The second-order valence-corrected chi connectivity index (χ2v) is 4.74. The van der Waals surface area contributed by atoms with Crippen molar-refractivity contribution >= 4 is 11.9 Å². The molecule has 0 saturated carbocycles. The Balaban J connectivity index is 2.65. The fraction of sp³-hybridized carbons (Fsp3) is 0.429. The van der Waals surface area contributed by atoms with E-state index in [0.717, 1.165) is 30.5 Å². The molecule has 0 atom stereocenters. The van der Waals surface area contributed by atoms with Gasteiger partial charge in [-0.15, -0.1) is 0 Å². The van der Waals surface area contributed by atoms with E-state index in [-0.39, 0.29) is 0 Å². The second kappa shape index (κ2) is 4.70. The molecule has 0 aliphatic carbocycles. The molecule has 0 fully saturated rings. The molecule has 0 bridgehead atoms. The van der Waals surface area contributed by atoms with Crippen LogP contribution in [0.15, 0.2) is 18.3 Å². The van der Waals surface area contributed by atoms with Crippen LogP contribution in [0.1, 0.15) is 42.5 Å². The van der Waals surface area contributed by atoms with E-state index in [1.165, 1.54) is 5.56 Å². The van der Waals surface area contributed by atoms with Crippen LogP contribution >= 0.6 is 0 Å². The summed E-state index contributed by atoms with van der Waals surface area (Å²) in [4.78, 5) is 15.8. The number of nitrogens with zero attached hydrogens (tertiary/aromatic N) is 2. The van der Waals surface area contributed by atoms with Crippen LogP contribution in [0.3, 0.4) is 0 Å². The van der Waals surface area contributed by atoms with Gasteiger partial charge in [-0.1, -0.05) is 26.8 Å². The molecule has 3 nitrogen and oxygen atoms in total. The van der Waals surface area contributed by atoms with Gasteiger partial charge in [0.1, 0.15) is 11.3 Å². The van der Waals surface area contributed by atoms with E-state index >= 15 is 0 Å². The lowest BCUT2D eigenvalue weighted by Crippen LogP contribution is -1.99. The molecule has 0 saturated heterocycles. The summed E-state index contributed by atoms with van der Waals surface area (Å²) in [7, 11) is 0. The maximum atomic E-state index is 11.2. The van der Waals surface area contributed by atoms with Crippen LogP contribution in [-0.2, 0) is 12.8 Å². The minimum absolute atomic E-state index is 0.503. The predicted molar refractivity (Wildman–Crippen MR) is 68.5 cm³/mol. The van der Waals surface area contributed by atoms with Gasteiger partial charge in [-0.2, -0.15) is 0 Å². The number of fused-ring (bicyclic) bond motifs is 1. The molecule has 0 amide bonds. The molecule has 2 aromatic heterocycles. The Morgan fingerprint density at radius 2 is 2.24 bits per heavy atom. The summed E-state index contributed by atoms with van der Waals surface area (Å²) in [5.74, 6) is 0.503. The smallest absolute Gasteiger partial charge is 0.168 e. The Hall–Kier alpha value is -1.64. The number of hydrogen-bond donors (Lipinski definition) is 0. The molecular weight excluding hydrogens is 212 g/mol. The minimum atomic E-state index is 0.503. The average molecular weight is 230 g/mol. The van der Waals surface area contributed by atoms with Gasteiger partial charge >= 0.3 is 0 Å². The van der Waals surface area contributed by atoms with E-state index in [1.807, 2.05) is 16.7 Å². The zero-order chi connectivity index (χ0) is 12.4. The zero-order valence-electron chi connectivity index (χ0n) is 10.6. The number of imidazole rings is 1. The highest BCUT2D eigenvalue weighted by molar-refractivity contribution is 5.77. The molecular formula is C14H18N2O.